The molecule has 0 amide bonds. The van der Waals surface area contributed by atoms with Gasteiger partial charge in [-0.1, -0.05) is 6.07 Å². The zero-order chi connectivity index (χ0) is 9.59. The number of hydrogen-bond acceptors (Lipinski definition) is 2. The van der Waals surface area contributed by atoms with Crippen molar-refractivity contribution < 1.29 is 4.42 Å². The minimum Gasteiger partial charge on any atom is -0.428 e. The van der Waals surface area contributed by atoms with E-state index in [1.54, 1.807) is 0 Å². The average molecular weight is 258 g/mol. The van der Waals surface area contributed by atoms with Crippen LogP contribution in [0.15, 0.2) is 15.0 Å². The molecule has 2 rings (SSSR count). The summed E-state index contributed by atoms with van der Waals surface area (Å²) in [4.78, 5) is 3.43. The first-order valence-corrected chi connectivity index (χ1v) is 5.08. The summed E-state index contributed by atoms with van der Waals surface area (Å²) in [5.41, 5.74) is 4.09. The normalized spacial score (nSPS) is 11.0. The van der Waals surface area contributed by atoms with Crippen molar-refractivity contribution in [3.05, 3.63) is 26.5 Å². The molecule has 0 atom stereocenters. The maximum absolute atomic E-state index is 5.37. The molecule has 4 heteroatoms. The number of aromatic amines is 1. The van der Waals surface area contributed by atoms with Gasteiger partial charge in [-0.15, -0.1) is 0 Å². The number of aryl methyl sites for hydroxylation is 2. The van der Waals surface area contributed by atoms with Gasteiger partial charge in [-0.2, -0.15) is 0 Å². The number of benzene rings is 1. The van der Waals surface area contributed by atoms with Crippen LogP contribution in [-0.2, 0) is 0 Å². The second-order valence-electron chi connectivity index (χ2n) is 3.04. The molecule has 13 heavy (non-hydrogen) atoms. The molecular weight excluding hydrogens is 250 g/mol. The van der Waals surface area contributed by atoms with Crippen LogP contribution < -0.4 is 0 Å². The minimum absolute atomic E-state index is 0.421. The van der Waals surface area contributed by atoms with Gasteiger partial charge in [-0.25, -0.2) is 0 Å². The van der Waals surface area contributed by atoms with Crippen LogP contribution in [-0.4, -0.2) is 4.98 Å². The number of nitrogens with one attached hydrogen (secondary N) is 1. The molecular formula is C9H8BrNOS. The van der Waals surface area contributed by atoms with Crippen molar-refractivity contribution in [3.63, 3.8) is 0 Å². The summed E-state index contributed by atoms with van der Waals surface area (Å²) in [6.07, 6.45) is 0. The van der Waals surface area contributed by atoms with E-state index < -0.39 is 0 Å². The third-order valence-electron chi connectivity index (χ3n) is 2.02. The molecule has 2 aromatic rings. The standard InChI is InChI=1S/C9H8BrNOS/c1-4-3-5(2)7-8(6(4)10)12-9(13)11-7/h3H,1-2H3,(H,11,13). The topological polar surface area (TPSA) is 28.9 Å². The molecule has 0 bridgehead atoms. The molecule has 0 aliphatic rings. The largest absolute Gasteiger partial charge is 0.428 e. The van der Waals surface area contributed by atoms with Crippen LogP contribution in [0.3, 0.4) is 0 Å². The van der Waals surface area contributed by atoms with Crippen molar-refractivity contribution in [1.82, 2.24) is 4.98 Å². The van der Waals surface area contributed by atoms with E-state index in [9.17, 15) is 0 Å². The fraction of sp³-hybridized carbons (Fsp3) is 0.222. The van der Waals surface area contributed by atoms with Gasteiger partial charge in [0.15, 0.2) is 5.58 Å². The maximum atomic E-state index is 5.37. The van der Waals surface area contributed by atoms with Crippen LogP contribution in [0.25, 0.3) is 11.1 Å². The Morgan fingerprint density at radius 1 is 1.38 bits per heavy atom. The van der Waals surface area contributed by atoms with Crippen LogP contribution in [0.1, 0.15) is 11.1 Å². The number of hydrogen-bond donors (Lipinski definition) is 1. The molecule has 1 aromatic carbocycles. The highest BCUT2D eigenvalue weighted by molar-refractivity contribution is 9.10. The highest BCUT2D eigenvalue weighted by atomic mass is 79.9. The Labute approximate surface area is 89.1 Å². The fourth-order valence-corrected chi connectivity index (χ4v) is 1.98. The van der Waals surface area contributed by atoms with E-state index in [1.165, 1.54) is 0 Å². The molecule has 1 heterocycles. The summed E-state index contributed by atoms with van der Waals surface area (Å²) in [6.45, 7) is 4.06. The summed E-state index contributed by atoms with van der Waals surface area (Å²) in [5, 5.41) is 0. The smallest absolute Gasteiger partial charge is 0.266 e. The first kappa shape index (κ1) is 8.97. The summed E-state index contributed by atoms with van der Waals surface area (Å²) in [5.74, 6) is 0. The Bertz CT molecular complexity index is 526. The van der Waals surface area contributed by atoms with Crippen LogP contribution in [0.2, 0.25) is 0 Å². The van der Waals surface area contributed by atoms with Crippen molar-refractivity contribution in [3.8, 4) is 0 Å². The van der Waals surface area contributed by atoms with Gasteiger partial charge < -0.3 is 9.40 Å². The first-order chi connectivity index (χ1) is 6.09. The lowest BCUT2D eigenvalue weighted by Crippen LogP contribution is -1.81. The molecule has 2 nitrogen and oxygen atoms in total. The molecule has 0 unspecified atom stereocenters. The van der Waals surface area contributed by atoms with Crippen molar-refractivity contribution in [2.45, 2.75) is 13.8 Å². The Kier molecular flexibility index (Phi) is 2.04. The van der Waals surface area contributed by atoms with E-state index in [2.05, 4.69) is 27.0 Å². The Hall–Kier alpha value is -0.610. The number of aromatic nitrogens is 1. The van der Waals surface area contributed by atoms with Crippen molar-refractivity contribution in [2.24, 2.45) is 0 Å². The Balaban J connectivity index is 3.04. The predicted molar refractivity (Wildman–Crippen MR) is 58.6 cm³/mol. The highest BCUT2D eigenvalue weighted by Gasteiger charge is 2.08. The molecule has 1 aromatic heterocycles. The summed E-state index contributed by atoms with van der Waals surface area (Å²) < 4.78 is 6.35. The molecule has 0 saturated carbocycles. The maximum Gasteiger partial charge on any atom is 0.266 e. The average Bonchev–Trinajstić information content (AvgIpc) is 2.44. The molecule has 0 fully saturated rings. The van der Waals surface area contributed by atoms with E-state index in [4.69, 9.17) is 16.6 Å². The molecule has 68 valence electrons. The third kappa shape index (κ3) is 1.34. The number of oxazole rings is 1. The second-order valence-corrected chi connectivity index (χ2v) is 4.21. The van der Waals surface area contributed by atoms with Gasteiger partial charge in [-0.3, -0.25) is 0 Å². The predicted octanol–water partition coefficient (Wildman–Crippen LogP) is 3.87. The lowest BCUT2D eigenvalue weighted by molar-refractivity contribution is 0.581. The molecule has 0 spiro atoms. The van der Waals surface area contributed by atoms with Crippen molar-refractivity contribution >= 4 is 39.2 Å². The van der Waals surface area contributed by atoms with E-state index in [-0.39, 0.29) is 0 Å². The van der Waals surface area contributed by atoms with Gasteiger partial charge in [0.25, 0.3) is 4.84 Å². The van der Waals surface area contributed by atoms with E-state index >= 15 is 0 Å². The number of rotatable bonds is 0. The van der Waals surface area contributed by atoms with Gasteiger partial charge in [0.1, 0.15) is 0 Å². The monoisotopic (exact) mass is 257 g/mol. The van der Waals surface area contributed by atoms with Gasteiger partial charge >= 0.3 is 0 Å². The summed E-state index contributed by atoms with van der Waals surface area (Å²) in [6, 6.07) is 2.09. The number of halogens is 1. The minimum atomic E-state index is 0.421. The van der Waals surface area contributed by atoms with Gasteiger partial charge in [-0.05, 0) is 53.1 Å². The molecule has 0 aliphatic carbocycles. The zero-order valence-electron chi connectivity index (χ0n) is 7.27. The highest BCUT2D eigenvalue weighted by Crippen LogP contribution is 2.29. The van der Waals surface area contributed by atoms with Crippen LogP contribution >= 0.6 is 28.1 Å². The number of fused-ring (bicyclic) bond motifs is 1. The second kappa shape index (κ2) is 2.96. The van der Waals surface area contributed by atoms with Crippen LogP contribution in [0, 0.1) is 18.7 Å². The molecule has 1 N–H and O–H groups in total. The molecule has 0 aliphatic heterocycles. The zero-order valence-corrected chi connectivity index (χ0v) is 9.67. The third-order valence-corrected chi connectivity index (χ3v) is 3.19. The van der Waals surface area contributed by atoms with Gasteiger partial charge in [0, 0.05) is 0 Å². The van der Waals surface area contributed by atoms with E-state index in [0.717, 1.165) is 26.7 Å². The lowest BCUT2D eigenvalue weighted by Gasteiger charge is -2.00. The van der Waals surface area contributed by atoms with Crippen molar-refractivity contribution in [2.75, 3.05) is 0 Å². The number of H-pyrrole nitrogens is 1. The molecule has 0 saturated heterocycles. The van der Waals surface area contributed by atoms with E-state index in [0.29, 0.717) is 4.84 Å². The lowest BCUT2D eigenvalue weighted by atomic mass is 10.1. The van der Waals surface area contributed by atoms with Crippen molar-refractivity contribution in [1.29, 1.82) is 0 Å². The summed E-state index contributed by atoms with van der Waals surface area (Å²) >= 11 is 8.40. The SMILES string of the molecule is Cc1cc(C)c2[nH]c(=S)oc2c1Br. The van der Waals surface area contributed by atoms with E-state index in [1.807, 2.05) is 13.8 Å². The Morgan fingerprint density at radius 3 is 2.77 bits per heavy atom. The van der Waals surface area contributed by atoms with Gasteiger partial charge in [0.2, 0.25) is 0 Å². The summed E-state index contributed by atoms with van der Waals surface area (Å²) in [7, 11) is 0. The van der Waals surface area contributed by atoms with Gasteiger partial charge in [0.05, 0.1) is 9.99 Å². The quantitative estimate of drug-likeness (QED) is 0.726. The fourth-order valence-electron chi connectivity index (χ4n) is 1.40. The molecule has 0 radical (unpaired) electrons. The first-order valence-electron chi connectivity index (χ1n) is 3.88. The Morgan fingerprint density at radius 2 is 2.08 bits per heavy atom. The van der Waals surface area contributed by atoms with Crippen LogP contribution in [0.5, 0.6) is 0 Å². The van der Waals surface area contributed by atoms with Crippen LogP contribution in [0.4, 0.5) is 0 Å².